The van der Waals surface area contributed by atoms with Crippen molar-refractivity contribution in [2.24, 2.45) is 0 Å². The topological polar surface area (TPSA) is 70.0 Å². The summed E-state index contributed by atoms with van der Waals surface area (Å²) >= 11 is 12.5. The first kappa shape index (κ1) is 29.5. The summed E-state index contributed by atoms with van der Waals surface area (Å²) in [5.74, 6) is 0.509. The fourth-order valence-corrected chi connectivity index (χ4v) is 7.68. The summed E-state index contributed by atoms with van der Waals surface area (Å²) in [6.07, 6.45) is 5.22. The molecule has 8 rings (SSSR count). The number of hydrogen-bond donors (Lipinski definition) is 0. The summed E-state index contributed by atoms with van der Waals surface area (Å²) in [5, 5.41) is 2.67. The average Bonchev–Trinajstić information content (AvgIpc) is 3.45. The Kier molecular flexibility index (Phi) is 6.79. The van der Waals surface area contributed by atoms with Gasteiger partial charge in [0.2, 0.25) is 0 Å². The molecule has 0 bridgehead atoms. The lowest BCUT2D eigenvalue weighted by atomic mass is 9.72. The van der Waals surface area contributed by atoms with E-state index in [1.165, 1.54) is 22.3 Å². The van der Waals surface area contributed by atoms with Crippen molar-refractivity contribution in [3.05, 3.63) is 113 Å². The number of fused-ring (bicyclic) bond motifs is 6. The van der Waals surface area contributed by atoms with E-state index in [1.54, 1.807) is 12.3 Å². The highest BCUT2D eigenvalue weighted by molar-refractivity contribution is 6.65. The molecule has 1 fully saturated rings. The molecule has 2 unspecified atom stereocenters. The molecular formula is C37H31BCl2N4O2. The third-order valence-electron chi connectivity index (χ3n) is 10.3. The standard InChI is InChI=1S/C37H31BCl2N4O2/c1-35(2)37(4,46-38(45-35)29-15-19-42-33-26(29)14-11-22-8-7-18-41-32(22)33)17-16-36(3)27-10-6-5-9-24(27)25-13-12-23(20-28(25)36)34-43-30(39)21-31(40)44-34/h5-15,18-21H,16-17H2,1-4H3. The second kappa shape index (κ2) is 10.6. The third-order valence-corrected chi connectivity index (χ3v) is 10.6. The summed E-state index contributed by atoms with van der Waals surface area (Å²) in [6, 6.07) is 26.8. The molecule has 1 saturated heterocycles. The van der Waals surface area contributed by atoms with Gasteiger partial charge in [0, 0.05) is 40.2 Å². The molecule has 0 amide bonds. The van der Waals surface area contributed by atoms with E-state index in [1.807, 2.05) is 24.4 Å². The Labute approximate surface area is 278 Å². The van der Waals surface area contributed by atoms with Crippen molar-refractivity contribution in [3.8, 4) is 22.5 Å². The van der Waals surface area contributed by atoms with Gasteiger partial charge in [-0.3, -0.25) is 9.97 Å². The molecule has 9 heteroatoms. The first-order valence-corrected chi connectivity index (χ1v) is 16.2. The number of rotatable bonds is 5. The van der Waals surface area contributed by atoms with Gasteiger partial charge in [0.25, 0.3) is 0 Å². The first-order chi connectivity index (χ1) is 22.1. The molecule has 0 N–H and O–H groups in total. The number of pyridine rings is 2. The van der Waals surface area contributed by atoms with E-state index >= 15 is 0 Å². The van der Waals surface area contributed by atoms with Gasteiger partial charge in [0.05, 0.1) is 22.2 Å². The molecule has 1 aliphatic heterocycles. The Bertz CT molecular complexity index is 2170. The molecule has 0 radical (unpaired) electrons. The smallest absolute Gasteiger partial charge is 0.399 e. The molecule has 228 valence electrons. The SMILES string of the molecule is CC1(CCC2(C)OB(c3ccnc4c3ccc3cccnc34)OC2(C)C)c2ccccc2-c2ccc(-c3nc(Cl)cc(Cl)n3)cc21. The van der Waals surface area contributed by atoms with Crippen LogP contribution in [0.5, 0.6) is 0 Å². The highest BCUT2D eigenvalue weighted by Gasteiger charge is 2.55. The molecule has 0 saturated carbocycles. The predicted molar refractivity (Wildman–Crippen MR) is 186 cm³/mol. The summed E-state index contributed by atoms with van der Waals surface area (Å²) in [7, 11) is -0.543. The van der Waals surface area contributed by atoms with Crippen molar-refractivity contribution in [2.45, 2.75) is 57.2 Å². The molecular weight excluding hydrogens is 614 g/mol. The number of halogens is 2. The highest BCUT2D eigenvalue weighted by atomic mass is 35.5. The zero-order chi connectivity index (χ0) is 31.8. The molecule has 3 aromatic heterocycles. The normalized spacial score (nSPS) is 21.6. The molecule has 6 nitrogen and oxygen atoms in total. The summed E-state index contributed by atoms with van der Waals surface area (Å²) in [6.45, 7) is 8.76. The van der Waals surface area contributed by atoms with Crippen LogP contribution in [0.15, 0.2) is 91.3 Å². The second-order valence-corrected chi connectivity index (χ2v) is 14.0. The van der Waals surface area contributed by atoms with E-state index in [9.17, 15) is 0 Å². The van der Waals surface area contributed by atoms with Crippen LogP contribution in [0.3, 0.4) is 0 Å². The Morgan fingerprint density at radius 2 is 1.46 bits per heavy atom. The Hall–Kier alpha value is -3.88. The highest BCUT2D eigenvalue weighted by Crippen LogP contribution is 2.54. The zero-order valence-corrected chi connectivity index (χ0v) is 27.5. The predicted octanol–water partition coefficient (Wildman–Crippen LogP) is 8.59. The third kappa shape index (κ3) is 4.55. The van der Waals surface area contributed by atoms with E-state index in [2.05, 4.69) is 97.2 Å². The van der Waals surface area contributed by atoms with E-state index in [4.69, 9.17) is 37.5 Å². The fraction of sp³-hybridized carbons (Fsp3) is 0.243. The van der Waals surface area contributed by atoms with E-state index in [0.717, 1.165) is 45.7 Å². The van der Waals surface area contributed by atoms with Crippen LogP contribution in [-0.4, -0.2) is 38.3 Å². The molecule has 1 aliphatic carbocycles. The largest absolute Gasteiger partial charge is 0.495 e. The lowest BCUT2D eigenvalue weighted by Crippen LogP contribution is -2.45. The van der Waals surface area contributed by atoms with Gasteiger partial charge in [-0.15, -0.1) is 0 Å². The number of hydrogen-bond acceptors (Lipinski definition) is 6. The number of nitrogens with zero attached hydrogens (tertiary/aromatic N) is 4. The maximum absolute atomic E-state index is 6.95. The van der Waals surface area contributed by atoms with Crippen molar-refractivity contribution >= 4 is 57.6 Å². The van der Waals surface area contributed by atoms with Gasteiger partial charge in [-0.1, -0.05) is 84.7 Å². The summed E-state index contributed by atoms with van der Waals surface area (Å²) in [4.78, 5) is 18.2. The minimum atomic E-state index is -0.579. The molecule has 6 aromatic rings. The van der Waals surface area contributed by atoms with Crippen LogP contribution in [0.2, 0.25) is 10.3 Å². The van der Waals surface area contributed by atoms with Gasteiger partial charge in [0.15, 0.2) is 5.82 Å². The lowest BCUT2D eigenvalue weighted by Gasteiger charge is -2.39. The van der Waals surface area contributed by atoms with Crippen LogP contribution in [0.4, 0.5) is 0 Å². The lowest BCUT2D eigenvalue weighted by molar-refractivity contribution is -0.0194. The van der Waals surface area contributed by atoms with Gasteiger partial charge < -0.3 is 9.31 Å². The minimum Gasteiger partial charge on any atom is -0.399 e. The van der Waals surface area contributed by atoms with Crippen molar-refractivity contribution in [3.63, 3.8) is 0 Å². The molecule has 4 heterocycles. The summed E-state index contributed by atoms with van der Waals surface area (Å²) < 4.78 is 13.7. The Morgan fingerprint density at radius 3 is 2.28 bits per heavy atom. The maximum atomic E-state index is 6.95. The number of benzene rings is 3. The Balaban J connectivity index is 1.15. The second-order valence-electron chi connectivity index (χ2n) is 13.2. The zero-order valence-electron chi connectivity index (χ0n) is 26.0. The Morgan fingerprint density at radius 1 is 0.696 bits per heavy atom. The van der Waals surface area contributed by atoms with E-state index in [0.29, 0.717) is 16.1 Å². The number of aromatic nitrogens is 4. The summed E-state index contributed by atoms with van der Waals surface area (Å²) in [5.41, 5.74) is 7.10. The van der Waals surface area contributed by atoms with Crippen LogP contribution in [0.25, 0.3) is 44.3 Å². The van der Waals surface area contributed by atoms with Crippen LogP contribution in [0, 0.1) is 0 Å². The van der Waals surface area contributed by atoms with Crippen LogP contribution >= 0.6 is 23.2 Å². The fourth-order valence-electron chi connectivity index (χ4n) is 7.26. The van der Waals surface area contributed by atoms with Crippen molar-refractivity contribution < 1.29 is 9.31 Å². The minimum absolute atomic E-state index is 0.293. The molecule has 2 aliphatic rings. The molecule has 46 heavy (non-hydrogen) atoms. The van der Waals surface area contributed by atoms with Crippen LogP contribution in [-0.2, 0) is 14.7 Å². The monoisotopic (exact) mass is 644 g/mol. The van der Waals surface area contributed by atoms with E-state index < -0.39 is 18.3 Å². The molecule has 0 spiro atoms. The van der Waals surface area contributed by atoms with E-state index in [-0.39, 0.29) is 5.41 Å². The van der Waals surface area contributed by atoms with Gasteiger partial charge in [-0.05, 0) is 79.5 Å². The van der Waals surface area contributed by atoms with Crippen molar-refractivity contribution in [1.82, 2.24) is 19.9 Å². The van der Waals surface area contributed by atoms with Gasteiger partial charge in [0.1, 0.15) is 10.3 Å². The van der Waals surface area contributed by atoms with Gasteiger partial charge in [-0.2, -0.15) is 0 Å². The molecule has 2 atom stereocenters. The quantitative estimate of drug-likeness (QED) is 0.106. The maximum Gasteiger partial charge on any atom is 0.495 e. The van der Waals surface area contributed by atoms with Gasteiger partial charge >= 0.3 is 7.12 Å². The van der Waals surface area contributed by atoms with Gasteiger partial charge in [-0.25, -0.2) is 9.97 Å². The average molecular weight is 645 g/mol. The van der Waals surface area contributed by atoms with Crippen molar-refractivity contribution in [1.29, 1.82) is 0 Å². The first-order valence-electron chi connectivity index (χ1n) is 15.5. The van der Waals surface area contributed by atoms with Crippen LogP contribution in [0.1, 0.15) is 51.7 Å². The van der Waals surface area contributed by atoms with Crippen molar-refractivity contribution in [2.75, 3.05) is 0 Å². The molecule has 3 aromatic carbocycles. The van der Waals surface area contributed by atoms with Crippen LogP contribution < -0.4 is 5.46 Å².